The van der Waals surface area contributed by atoms with Crippen molar-refractivity contribution < 1.29 is 18.9 Å². The number of halogens is 2. The van der Waals surface area contributed by atoms with Gasteiger partial charge in [0.25, 0.3) is 5.91 Å². The minimum Gasteiger partial charge on any atom is -0.404 e. The molecule has 4 fully saturated rings. The number of carbonyl (C=O) groups excluding carboxylic acids is 2. The van der Waals surface area contributed by atoms with E-state index < -0.39 is 30.6 Å². The Labute approximate surface area is 275 Å². The van der Waals surface area contributed by atoms with Crippen LogP contribution >= 0.6 is 23.2 Å². The molecule has 7 rings (SSSR count). The van der Waals surface area contributed by atoms with Crippen LogP contribution in [0.3, 0.4) is 0 Å². The van der Waals surface area contributed by atoms with Gasteiger partial charge in [0.05, 0.1) is 28.2 Å². The second-order valence-corrected chi connectivity index (χ2v) is 14.3. The Morgan fingerprint density at radius 3 is 2.42 bits per heavy atom. The molecule has 0 aromatic heterocycles. The molecule has 2 amide bonds. The van der Waals surface area contributed by atoms with Gasteiger partial charge in [-0.2, -0.15) is 0 Å². The quantitative estimate of drug-likeness (QED) is 0.223. The fourth-order valence-electron chi connectivity index (χ4n) is 7.64. The van der Waals surface area contributed by atoms with Crippen LogP contribution in [-0.4, -0.2) is 49.7 Å². The Hall–Kier alpha value is -3.04. The molecule has 3 aliphatic carbocycles. The van der Waals surface area contributed by atoms with E-state index in [4.69, 9.17) is 32.5 Å². The van der Waals surface area contributed by atoms with Crippen molar-refractivity contribution in [3.8, 4) is 0 Å². The standard InChI is InChI=1S/C35H40BCl2N3O4/c1-34(2)23-18-29(34)35(3)30(19-23)44-36(45-35)31(17-21-9-6-5-7-10-21)41-33(43)28(16-22-11-8-12-25(15-22)39-4)40-32(42)26-20-24(37)13-14-27(26)38/h5-15,20,23,28-31,39H,16-19H2,1-4H3,(H,40,42)(H,41,43)/t23-,28-,29-,30+,31-,35-/m0/s1. The maximum absolute atomic E-state index is 14.2. The highest BCUT2D eigenvalue weighted by atomic mass is 35.5. The SMILES string of the molecule is CNc1cccc(C[C@H](NC(=O)c2cc(Cl)ccc2Cl)C(=O)N[C@@H](Cc2ccccc2)B2O[C@@H]3C[C@@H]4C[C@@H](C4(C)C)[C@]3(C)O2)c1. The number of hydrogen-bond acceptors (Lipinski definition) is 5. The van der Waals surface area contributed by atoms with Crippen molar-refractivity contribution in [2.45, 2.75) is 70.1 Å². The molecule has 3 aromatic rings. The van der Waals surface area contributed by atoms with E-state index >= 15 is 0 Å². The molecule has 45 heavy (non-hydrogen) atoms. The van der Waals surface area contributed by atoms with Gasteiger partial charge in [-0.3, -0.25) is 9.59 Å². The van der Waals surface area contributed by atoms with E-state index in [9.17, 15) is 9.59 Å². The highest BCUT2D eigenvalue weighted by molar-refractivity contribution is 6.48. The first-order valence-electron chi connectivity index (χ1n) is 15.7. The van der Waals surface area contributed by atoms with Gasteiger partial charge in [0.2, 0.25) is 5.91 Å². The molecule has 0 radical (unpaired) electrons. The minimum atomic E-state index is -0.913. The first kappa shape index (κ1) is 31.9. The second kappa shape index (κ2) is 12.6. The number of hydrogen-bond donors (Lipinski definition) is 3. The molecule has 1 heterocycles. The van der Waals surface area contributed by atoms with E-state index in [0.29, 0.717) is 23.3 Å². The van der Waals surface area contributed by atoms with Gasteiger partial charge in [-0.05, 0) is 84.9 Å². The van der Waals surface area contributed by atoms with Crippen molar-refractivity contribution in [3.05, 3.63) is 99.5 Å². The van der Waals surface area contributed by atoms with E-state index in [0.717, 1.165) is 29.7 Å². The van der Waals surface area contributed by atoms with Gasteiger partial charge < -0.3 is 25.3 Å². The molecule has 236 valence electrons. The maximum Gasteiger partial charge on any atom is 0.482 e. The van der Waals surface area contributed by atoms with E-state index in [2.05, 4.69) is 36.7 Å². The lowest BCUT2D eigenvalue weighted by atomic mass is 9.43. The lowest BCUT2D eigenvalue weighted by molar-refractivity contribution is -0.199. The lowest BCUT2D eigenvalue weighted by Crippen LogP contribution is -2.65. The Bertz CT molecular complexity index is 1570. The van der Waals surface area contributed by atoms with Crippen LogP contribution in [0.4, 0.5) is 5.69 Å². The molecular weight excluding hydrogens is 608 g/mol. The highest BCUT2D eigenvalue weighted by Gasteiger charge is 2.68. The van der Waals surface area contributed by atoms with Crippen LogP contribution in [0.25, 0.3) is 0 Å². The number of nitrogens with one attached hydrogen (secondary N) is 3. The second-order valence-electron chi connectivity index (χ2n) is 13.4. The molecule has 1 saturated heterocycles. The fourth-order valence-corrected chi connectivity index (χ4v) is 8.02. The molecule has 10 heteroatoms. The number of amides is 2. The largest absolute Gasteiger partial charge is 0.482 e. The Balaban J connectivity index is 1.27. The van der Waals surface area contributed by atoms with Crippen LogP contribution < -0.4 is 16.0 Å². The first-order chi connectivity index (χ1) is 21.5. The smallest absolute Gasteiger partial charge is 0.404 e. The molecule has 0 unspecified atom stereocenters. The van der Waals surface area contributed by atoms with Crippen LogP contribution in [0, 0.1) is 17.3 Å². The van der Waals surface area contributed by atoms with Crippen LogP contribution in [0.2, 0.25) is 10.0 Å². The van der Waals surface area contributed by atoms with Crippen LogP contribution in [0.5, 0.6) is 0 Å². The van der Waals surface area contributed by atoms with Gasteiger partial charge in [-0.1, -0.05) is 79.5 Å². The van der Waals surface area contributed by atoms with Gasteiger partial charge >= 0.3 is 7.12 Å². The summed E-state index contributed by atoms with van der Waals surface area (Å²) >= 11 is 12.5. The Morgan fingerprint density at radius 2 is 1.69 bits per heavy atom. The van der Waals surface area contributed by atoms with Crippen molar-refractivity contribution in [1.29, 1.82) is 0 Å². The zero-order chi connectivity index (χ0) is 31.9. The summed E-state index contributed by atoms with van der Waals surface area (Å²) in [7, 11) is 1.20. The molecule has 2 bridgehead atoms. The summed E-state index contributed by atoms with van der Waals surface area (Å²) in [6.07, 6.45) is 2.82. The predicted octanol–water partition coefficient (Wildman–Crippen LogP) is 6.37. The lowest BCUT2D eigenvalue weighted by Gasteiger charge is -2.64. The molecule has 3 saturated carbocycles. The van der Waals surface area contributed by atoms with Gasteiger partial charge in [0, 0.05) is 24.2 Å². The number of carbonyl (C=O) groups is 2. The molecule has 6 atom stereocenters. The van der Waals surface area contributed by atoms with E-state index in [1.165, 1.54) is 6.07 Å². The van der Waals surface area contributed by atoms with Gasteiger partial charge in [-0.15, -0.1) is 0 Å². The third-order valence-corrected chi connectivity index (χ3v) is 10.9. The molecule has 7 nitrogen and oxygen atoms in total. The van der Waals surface area contributed by atoms with Crippen LogP contribution in [-0.2, 0) is 26.9 Å². The molecule has 1 aliphatic heterocycles. The van der Waals surface area contributed by atoms with Crippen molar-refractivity contribution >= 4 is 47.8 Å². The van der Waals surface area contributed by atoms with Crippen LogP contribution in [0.15, 0.2) is 72.8 Å². The van der Waals surface area contributed by atoms with Crippen LogP contribution in [0.1, 0.15) is 55.1 Å². The zero-order valence-electron chi connectivity index (χ0n) is 26.1. The number of benzene rings is 3. The third-order valence-electron chi connectivity index (χ3n) is 10.4. The van der Waals surface area contributed by atoms with Gasteiger partial charge in [0.1, 0.15) is 6.04 Å². The first-order valence-corrected chi connectivity index (χ1v) is 16.4. The molecule has 0 spiro atoms. The minimum absolute atomic E-state index is 0.0285. The normalized spacial score (nSPS) is 25.8. The summed E-state index contributed by atoms with van der Waals surface area (Å²) in [4.78, 5) is 27.7. The van der Waals surface area contributed by atoms with Crippen molar-refractivity contribution in [3.63, 3.8) is 0 Å². The monoisotopic (exact) mass is 647 g/mol. The summed E-state index contributed by atoms with van der Waals surface area (Å²) in [5.74, 6) is -0.312. The summed E-state index contributed by atoms with van der Waals surface area (Å²) in [6, 6.07) is 21.5. The molecule has 3 aromatic carbocycles. The van der Waals surface area contributed by atoms with E-state index in [-0.39, 0.29) is 34.4 Å². The maximum atomic E-state index is 14.2. The zero-order valence-corrected chi connectivity index (χ0v) is 27.6. The highest BCUT2D eigenvalue weighted by Crippen LogP contribution is 2.65. The summed E-state index contributed by atoms with van der Waals surface area (Å²) in [5.41, 5.74) is 2.81. The molecular formula is C35H40BCl2N3O4. The topological polar surface area (TPSA) is 88.7 Å². The Morgan fingerprint density at radius 1 is 0.933 bits per heavy atom. The third kappa shape index (κ3) is 6.35. The van der Waals surface area contributed by atoms with E-state index in [1.54, 1.807) is 12.1 Å². The van der Waals surface area contributed by atoms with Crippen molar-refractivity contribution in [2.75, 3.05) is 12.4 Å². The summed E-state index contributed by atoms with van der Waals surface area (Å²) in [5, 5.41) is 9.93. The molecule has 4 aliphatic rings. The van der Waals surface area contributed by atoms with Gasteiger partial charge in [-0.25, -0.2) is 0 Å². The average Bonchev–Trinajstić information content (AvgIpc) is 3.39. The summed E-state index contributed by atoms with van der Waals surface area (Å²) in [6.45, 7) is 6.83. The Kier molecular flexibility index (Phi) is 8.96. The average molecular weight is 648 g/mol. The predicted molar refractivity (Wildman–Crippen MR) is 180 cm³/mol. The number of rotatable bonds is 10. The van der Waals surface area contributed by atoms with Crippen molar-refractivity contribution in [2.24, 2.45) is 17.3 Å². The number of anilines is 1. The fraction of sp³-hybridized carbons (Fsp3) is 0.429. The van der Waals surface area contributed by atoms with E-state index in [1.807, 2.05) is 61.6 Å². The summed E-state index contributed by atoms with van der Waals surface area (Å²) < 4.78 is 13.5. The van der Waals surface area contributed by atoms with Crippen molar-refractivity contribution in [1.82, 2.24) is 10.6 Å². The van der Waals surface area contributed by atoms with Gasteiger partial charge in [0.15, 0.2) is 0 Å². The molecule has 3 N–H and O–H groups in total.